The third-order valence-electron chi connectivity index (χ3n) is 5.10. The van der Waals surface area contributed by atoms with Crippen LogP contribution < -0.4 is 10.6 Å². The van der Waals surface area contributed by atoms with Gasteiger partial charge in [-0.1, -0.05) is 0 Å². The number of carbonyl (C=O) groups excluding carboxylic acids is 2. The molecule has 3 unspecified atom stereocenters. The fourth-order valence-electron chi connectivity index (χ4n) is 3.59. The smallest absolute Gasteiger partial charge is 0.253 e. The Balaban J connectivity index is 1.58. The number of pyridine rings is 1. The molecule has 0 bridgehead atoms. The monoisotopic (exact) mass is 330 g/mol. The minimum Gasteiger partial charge on any atom is -0.352 e. The summed E-state index contributed by atoms with van der Waals surface area (Å²) in [5.41, 5.74) is 0.635. The Labute approximate surface area is 143 Å². The highest BCUT2D eigenvalue weighted by Crippen LogP contribution is 2.20. The number of rotatable bonds is 3. The molecule has 2 amide bonds. The van der Waals surface area contributed by atoms with Gasteiger partial charge in [-0.2, -0.15) is 0 Å². The molecule has 0 aromatic carbocycles. The zero-order valence-electron chi connectivity index (χ0n) is 14.2. The highest BCUT2D eigenvalue weighted by molar-refractivity contribution is 5.94. The summed E-state index contributed by atoms with van der Waals surface area (Å²) in [5, 5.41) is 6.59. The highest BCUT2D eigenvalue weighted by Gasteiger charge is 2.31. The molecule has 6 nitrogen and oxygen atoms in total. The van der Waals surface area contributed by atoms with E-state index < -0.39 is 0 Å². The fourth-order valence-corrected chi connectivity index (χ4v) is 3.59. The number of nitrogens with one attached hydrogen (secondary N) is 2. The van der Waals surface area contributed by atoms with Crippen LogP contribution in [-0.4, -0.2) is 53.4 Å². The van der Waals surface area contributed by atoms with Crippen molar-refractivity contribution >= 4 is 11.8 Å². The SMILES string of the molecule is CC1NCCCC1NC(=O)C1CCCN(C(=O)c2ccncc2)C1. The number of hydrogen-bond donors (Lipinski definition) is 2. The predicted octanol–water partition coefficient (Wildman–Crippen LogP) is 1.19. The second kappa shape index (κ2) is 7.75. The number of hydrogen-bond acceptors (Lipinski definition) is 4. The molecule has 3 rings (SSSR count). The van der Waals surface area contributed by atoms with E-state index in [1.54, 1.807) is 29.4 Å². The van der Waals surface area contributed by atoms with Gasteiger partial charge in [-0.15, -0.1) is 0 Å². The van der Waals surface area contributed by atoms with Crippen LogP contribution in [0.3, 0.4) is 0 Å². The van der Waals surface area contributed by atoms with Crippen molar-refractivity contribution in [1.82, 2.24) is 20.5 Å². The number of nitrogens with zero attached hydrogens (tertiary/aromatic N) is 2. The van der Waals surface area contributed by atoms with Crippen LogP contribution in [0.1, 0.15) is 43.0 Å². The van der Waals surface area contributed by atoms with Gasteiger partial charge in [-0.3, -0.25) is 14.6 Å². The van der Waals surface area contributed by atoms with Gasteiger partial charge >= 0.3 is 0 Å². The lowest BCUT2D eigenvalue weighted by atomic mass is 9.94. The molecular formula is C18H26N4O2. The average molecular weight is 330 g/mol. The average Bonchev–Trinajstić information content (AvgIpc) is 2.64. The molecule has 24 heavy (non-hydrogen) atoms. The summed E-state index contributed by atoms with van der Waals surface area (Å²) in [6, 6.07) is 3.95. The first-order valence-corrected chi connectivity index (χ1v) is 8.88. The van der Waals surface area contributed by atoms with Gasteiger partial charge in [-0.05, 0) is 51.3 Å². The van der Waals surface area contributed by atoms with Crippen LogP contribution in [0.25, 0.3) is 0 Å². The van der Waals surface area contributed by atoms with Crippen LogP contribution in [0.2, 0.25) is 0 Å². The largest absolute Gasteiger partial charge is 0.352 e. The molecule has 2 fully saturated rings. The first-order chi connectivity index (χ1) is 11.6. The standard InChI is InChI=1S/C18H26N4O2/c1-13-16(5-2-8-20-13)21-17(23)15-4-3-11-22(12-15)18(24)14-6-9-19-10-7-14/h6-7,9-10,13,15-16,20H,2-5,8,11-12H2,1H3,(H,21,23). The van der Waals surface area contributed by atoms with Crippen molar-refractivity contribution in [2.45, 2.75) is 44.7 Å². The van der Waals surface area contributed by atoms with Crippen LogP contribution in [0.15, 0.2) is 24.5 Å². The molecule has 0 radical (unpaired) electrons. The van der Waals surface area contributed by atoms with E-state index in [-0.39, 0.29) is 23.8 Å². The van der Waals surface area contributed by atoms with Crippen molar-refractivity contribution in [1.29, 1.82) is 0 Å². The Kier molecular flexibility index (Phi) is 5.45. The number of likely N-dealkylation sites (tertiary alicyclic amines) is 1. The maximum atomic E-state index is 12.6. The first kappa shape index (κ1) is 16.9. The summed E-state index contributed by atoms with van der Waals surface area (Å²) in [6.45, 7) is 4.35. The molecule has 2 aliphatic heterocycles. The van der Waals surface area contributed by atoms with E-state index >= 15 is 0 Å². The third kappa shape index (κ3) is 3.93. The zero-order chi connectivity index (χ0) is 16.9. The van der Waals surface area contributed by atoms with Gasteiger partial charge in [0.25, 0.3) is 5.91 Å². The summed E-state index contributed by atoms with van der Waals surface area (Å²) < 4.78 is 0. The lowest BCUT2D eigenvalue weighted by Gasteiger charge is -2.35. The molecule has 130 valence electrons. The molecule has 3 atom stereocenters. The van der Waals surface area contributed by atoms with Crippen molar-refractivity contribution in [3.63, 3.8) is 0 Å². The topological polar surface area (TPSA) is 74.3 Å². The van der Waals surface area contributed by atoms with Crippen molar-refractivity contribution < 1.29 is 9.59 Å². The Morgan fingerprint density at radius 1 is 1.25 bits per heavy atom. The first-order valence-electron chi connectivity index (χ1n) is 8.88. The molecule has 6 heteroatoms. The normalized spacial score (nSPS) is 27.5. The maximum Gasteiger partial charge on any atom is 0.253 e. The van der Waals surface area contributed by atoms with E-state index in [4.69, 9.17) is 0 Å². The molecule has 3 heterocycles. The summed E-state index contributed by atoms with van der Waals surface area (Å²) in [6.07, 6.45) is 7.07. The van der Waals surface area contributed by atoms with Gasteiger partial charge < -0.3 is 15.5 Å². The maximum absolute atomic E-state index is 12.6. The summed E-state index contributed by atoms with van der Waals surface area (Å²) in [5.74, 6) is -0.0379. The van der Waals surface area contributed by atoms with Gasteiger partial charge in [0, 0.05) is 43.1 Å². The molecule has 2 saturated heterocycles. The minimum atomic E-state index is -0.112. The van der Waals surface area contributed by atoms with Crippen molar-refractivity contribution in [3.05, 3.63) is 30.1 Å². The summed E-state index contributed by atoms with van der Waals surface area (Å²) in [4.78, 5) is 30.9. The van der Waals surface area contributed by atoms with Gasteiger partial charge in [0.2, 0.25) is 5.91 Å². The highest BCUT2D eigenvalue weighted by atomic mass is 16.2. The quantitative estimate of drug-likeness (QED) is 0.873. The van der Waals surface area contributed by atoms with Gasteiger partial charge in [0.05, 0.1) is 5.92 Å². The number of aromatic nitrogens is 1. The van der Waals surface area contributed by atoms with E-state index in [1.165, 1.54) is 0 Å². The molecule has 1 aromatic rings. The van der Waals surface area contributed by atoms with Gasteiger partial charge in [0.15, 0.2) is 0 Å². The van der Waals surface area contributed by atoms with E-state index in [0.29, 0.717) is 24.7 Å². The van der Waals surface area contributed by atoms with Crippen molar-refractivity contribution in [3.8, 4) is 0 Å². The van der Waals surface area contributed by atoms with Crippen LogP contribution in [0, 0.1) is 5.92 Å². The predicted molar refractivity (Wildman–Crippen MR) is 91.5 cm³/mol. The fraction of sp³-hybridized carbons (Fsp3) is 0.611. The number of piperidine rings is 2. The van der Waals surface area contributed by atoms with Gasteiger partial charge in [-0.25, -0.2) is 0 Å². The second-order valence-corrected chi connectivity index (χ2v) is 6.83. The third-order valence-corrected chi connectivity index (χ3v) is 5.10. The molecule has 1 aromatic heterocycles. The Bertz CT molecular complexity index is 578. The van der Waals surface area contributed by atoms with E-state index in [1.807, 2.05) is 0 Å². The summed E-state index contributed by atoms with van der Waals surface area (Å²) >= 11 is 0. The number of amides is 2. The Hall–Kier alpha value is -1.95. The summed E-state index contributed by atoms with van der Waals surface area (Å²) in [7, 11) is 0. The van der Waals surface area contributed by atoms with Crippen LogP contribution >= 0.6 is 0 Å². The van der Waals surface area contributed by atoms with Crippen LogP contribution in [-0.2, 0) is 4.79 Å². The van der Waals surface area contributed by atoms with Crippen LogP contribution in [0.5, 0.6) is 0 Å². The molecule has 2 N–H and O–H groups in total. The second-order valence-electron chi connectivity index (χ2n) is 6.83. The van der Waals surface area contributed by atoms with Crippen LogP contribution in [0.4, 0.5) is 0 Å². The molecule has 0 saturated carbocycles. The molecular weight excluding hydrogens is 304 g/mol. The van der Waals surface area contributed by atoms with Crippen molar-refractivity contribution in [2.24, 2.45) is 5.92 Å². The van der Waals surface area contributed by atoms with E-state index in [2.05, 4.69) is 22.5 Å². The number of carbonyl (C=O) groups is 2. The minimum absolute atomic E-state index is 0.0115. The van der Waals surface area contributed by atoms with E-state index in [9.17, 15) is 9.59 Å². The Morgan fingerprint density at radius 3 is 2.79 bits per heavy atom. The van der Waals surface area contributed by atoms with Crippen molar-refractivity contribution in [2.75, 3.05) is 19.6 Å². The zero-order valence-corrected chi connectivity index (χ0v) is 14.2. The van der Waals surface area contributed by atoms with Gasteiger partial charge in [0.1, 0.15) is 0 Å². The molecule has 0 aliphatic carbocycles. The molecule has 0 spiro atoms. The molecule has 2 aliphatic rings. The Morgan fingerprint density at radius 2 is 2.04 bits per heavy atom. The lowest BCUT2D eigenvalue weighted by Crippen LogP contribution is -2.54. The van der Waals surface area contributed by atoms with E-state index in [0.717, 1.165) is 32.2 Å². The lowest BCUT2D eigenvalue weighted by molar-refractivity contribution is -0.127.